The molecule has 0 saturated carbocycles. The Kier molecular flexibility index (Phi) is 7.71. The van der Waals surface area contributed by atoms with E-state index in [0.717, 1.165) is 53.1 Å². The Morgan fingerprint density at radius 1 is 1.24 bits per heavy atom. The van der Waals surface area contributed by atoms with Gasteiger partial charge in [0.1, 0.15) is 12.4 Å². The van der Waals surface area contributed by atoms with E-state index >= 15 is 0 Å². The summed E-state index contributed by atoms with van der Waals surface area (Å²) in [6.45, 7) is 11.8. The van der Waals surface area contributed by atoms with E-state index in [1.165, 1.54) is 0 Å². The first-order valence-electron chi connectivity index (χ1n) is 13.2. The molecule has 0 aliphatic carbocycles. The van der Waals surface area contributed by atoms with Gasteiger partial charge < -0.3 is 10.1 Å². The molecule has 9 heteroatoms. The molecular weight excluding hydrogens is 516 g/mol. The molecule has 0 radical (unpaired) electrons. The van der Waals surface area contributed by atoms with Crippen molar-refractivity contribution in [3.63, 3.8) is 0 Å². The Bertz CT molecular complexity index is 1320. The van der Waals surface area contributed by atoms with E-state index in [2.05, 4.69) is 62.8 Å². The number of thiophene rings is 1. The fourth-order valence-corrected chi connectivity index (χ4v) is 7.09. The number of fused-ring (bicyclic) bond motifs is 1. The zero-order valence-electron chi connectivity index (χ0n) is 22.7. The molecule has 4 heterocycles. The minimum Gasteiger partial charge on any atom is -0.376 e. The van der Waals surface area contributed by atoms with Crippen LogP contribution in [0.1, 0.15) is 66.8 Å². The second-order valence-electron chi connectivity index (χ2n) is 11.1. The predicted octanol–water partition coefficient (Wildman–Crippen LogP) is 5.31. The zero-order valence-corrected chi connectivity index (χ0v) is 24.4. The molecule has 1 fully saturated rings. The molecule has 38 heavy (non-hydrogen) atoms. The van der Waals surface area contributed by atoms with Crippen molar-refractivity contribution in [2.75, 3.05) is 30.3 Å². The van der Waals surface area contributed by atoms with Crippen molar-refractivity contribution in [2.45, 2.75) is 64.2 Å². The van der Waals surface area contributed by atoms with Crippen molar-refractivity contribution in [3.8, 4) is 5.69 Å². The van der Waals surface area contributed by atoms with Crippen LogP contribution < -0.4 is 10.2 Å². The van der Waals surface area contributed by atoms with Crippen molar-refractivity contribution in [3.05, 3.63) is 63.0 Å². The number of benzene rings is 1. The van der Waals surface area contributed by atoms with E-state index < -0.39 is 0 Å². The summed E-state index contributed by atoms with van der Waals surface area (Å²) >= 11 is 3.27. The lowest BCUT2D eigenvalue weighted by Crippen LogP contribution is -2.44. The highest BCUT2D eigenvalue weighted by Crippen LogP contribution is 2.49. The molecule has 5 rings (SSSR count). The molecule has 1 saturated heterocycles. The van der Waals surface area contributed by atoms with Crippen LogP contribution in [0.4, 0.5) is 5.82 Å². The van der Waals surface area contributed by atoms with Gasteiger partial charge in [0.15, 0.2) is 0 Å². The molecule has 1 N–H and O–H groups in total. The van der Waals surface area contributed by atoms with E-state index in [1.54, 1.807) is 28.0 Å². The van der Waals surface area contributed by atoms with Crippen molar-refractivity contribution >= 4 is 40.7 Å². The predicted molar refractivity (Wildman–Crippen MR) is 155 cm³/mol. The second-order valence-corrected chi connectivity index (χ2v) is 13.0. The standard InChI is InChI=1S/C29H36N4O3S2/c1-18-8-6-10-22(19(18)2)33-28-25(27(31-33)29(3,4)5)26(20-11-13-37-16-20)38-17-24(35)32(28)15-23(34)30-14-21-9-7-12-36-21/h6,8,10-11,13,16,21,26H,7,9,12,14-15,17H2,1-5H3,(H,30,34)/t21-,26-/m0/s1. The van der Waals surface area contributed by atoms with Crippen LogP contribution in [0.25, 0.3) is 5.69 Å². The number of ether oxygens (including phenoxy) is 1. The lowest BCUT2D eigenvalue weighted by Gasteiger charge is -2.25. The Balaban J connectivity index is 1.66. The molecule has 3 aromatic rings. The van der Waals surface area contributed by atoms with Gasteiger partial charge >= 0.3 is 0 Å². The minimum absolute atomic E-state index is 0.0424. The number of nitrogens with zero attached hydrogens (tertiary/aromatic N) is 3. The van der Waals surface area contributed by atoms with Crippen LogP contribution in [-0.4, -0.2) is 53.1 Å². The molecule has 2 aromatic heterocycles. The first-order chi connectivity index (χ1) is 18.1. The Morgan fingerprint density at radius 2 is 2.05 bits per heavy atom. The average molecular weight is 553 g/mol. The second kappa shape index (κ2) is 10.9. The van der Waals surface area contributed by atoms with Gasteiger partial charge in [-0.05, 0) is 66.3 Å². The third-order valence-corrected chi connectivity index (χ3v) is 9.26. The molecule has 2 amide bonds. The van der Waals surface area contributed by atoms with Crippen molar-refractivity contribution < 1.29 is 14.3 Å². The van der Waals surface area contributed by atoms with Crippen LogP contribution in [0, 0.1) is 13.8 Å². The maximum Gasteiger partial charge on any atom is 0.240 e. The van der Waals surface area contributed by atoms with Crippen LogP contribution in [0.5, 0.6) is 0 Å². The van der Waals surface area contributed by atoms with Crippen molar-refractivity contribution in [1.82, 2.24) is 15.1 Å². The van der Waals surface area contributed by atoms with E-state index in [1.807, 2.05) is 16.8 Å². The maximum absolute atomic E-state index is 13.7. The number of hydrogen-bond donors (Lipinski definition) is 1. The molecule has 202 valence electrons. The van der Waals surface area contributed by atoms with Gasteiger partial charge in [-0.15, -0.1) is 11.8 Å². The fraction of sp³-hybridized carbons (Fsp3) is 0.483. The molecule has 2 atom stereocenters. The number of rotatable bonds is 6. The topological polar surface area (TPSA) is 76.5 Å². The first-order valence-corrected chi connectivity index (χ1v) is 15.2. The number of amides is 2. The molecule has 0 bridgehead atoms. The summed E-state index contributed by atoms with van der Waals surface area (Å²) in [6, 6.07) is 8.27. The molecule has 0 spiro atoms. The first kappa shape index (κ1) is 27.0. The molecule has 0 unspecified atom stereocenters. The number of anilines is 1. The average Bonchev–Trinajstić information content (AvgIpc) is 3.63. The van der Waals surface area contributed by atoms with Crippen LogP contribution in [0.2, 0.25) is 0 Å². The number of nitrogens with one attached hydrogen (secondary N) is 1. The van der Waals surface area contributed by atoms with Gasteiger partial charge in [-0.25, -0.2) is 4.68 Å². The van der Waals surface area contributed by atoms with E-state index in [0.29, 0.717) is 12.4 Å². The summed E-state index contributed by atoms with van der Waals surface area (Å²) in [5, 5.41) is 12.4. The maximum atomic E-state index is 13.7. The van der Waals surface area contributed by atoms with Crippen LogP contribution in [0.15, 0.2) is 35.0 Å². The molecule has 2 aliphatic heterocycles. The van der Waals surface area contributed by atoms with Gasteiger partial charge in [0, 0.05) is 24.1 Å². The summed E-state index contributed by atoms with van der Waals surface area (Å²) in [6.07, 6.45) is 2.00. The number of aryl methyl sites for hydroxylation is 1. The minimum atomic E-state index is -0.275. The number of carbonyl (C=O) groups is 2. The fourth-order valence-electron chi connectivity index (χ4n) is 5.13. The van der Waals surface area contributed by atoms with Crippen LogP contribution in [-0.2, 0) is 19.7 Å². The Morgan fingerprint density at radius 3 is 2.74 bits per heavy atom. The molecular formula is C29H36N4O3S2. The highest BCUT2D eigenvalue weighted by Gasteiger charge is 2.40. The van der Waals surface area contributed by atoms with Gasteiger partial charge in [-0.1, -0.05) is 32.9 Å². The van der Waals surface area contributed by atoms with Gasteiger partial charge in [0.25, 0.3) is 0 Å². The smallest absolute Gasteiger partial charge is 0.240 e. The molecule has 7 nitrogen and oxygen atoms in total. The van der Waals surface area contributed by atoms with E-state index in [-0.39, 0.29) is 40.9 Å². The van der Waals surface area contributed by atoms with Crippen molar-refractivity contribution in [1.29, 1.82) is 0 Å². The van der Waals surface area contributed by atoms with Crippen molar-refractivity contribution in [2.24, 2.45) is 0 Å². The van der Waals surface area contributed by atoms with Crippen LogP contribution >= 0.6 is 23.1 Å². The lowest BCUT2D eigenvalue weighted by atomic mass is 9.87. The largest absolute Gasteiger partial charge is 0.376 e. The number of aromatic nitrogens is 2. The summed E-state index contributed by atoms with van der Waals surface area (Å²) in [5.41, 5.74) is 6.00. The van der Waals surface area contributed by atoms with E-state index in [4.69, 9.17) is 9.84 Å². The number of hydrogen-bond acceptors (Lipinski definition) is 6. The highest BCUT2D eigenvalue weighted by molar-refractivity contribution is 8.00. The van der Waals surface area contributed by atoms with Gasteiger partial charge in [0.05, 0.1) is 28.5 Å². The summed E-state index contributed by atoms with van der Waals surface area (Å²) in [4.78, 5) is 28.6. The highest BCUT2D eigenvalue weighted by atomic mass is 32.2. The third kappa shape index (κ3) is 5.28. The van der Waals surface area contributed by atoms with Gasteiger partial charge in [-0.2, -0.15) is 16.4 Å². The van der Waals surface area contributed by atoms with Gasteiger partial charge in [-0.3, -0.25) is 14.5 Å². The summed E-state index contributed by atoms with van der Waals surface area (Å²) < 4.78 is 7.59. The summed E-state index contributed by atoms with van der Waals surface area (Å²) in [7, 11) is 0. The SMILES string of the molecule is Cc1cccc(-n2nc(C(C)(C)C)c3c2N(CC(=O)NC[C@@H]2CCCO2)C(=O)CS[C@H]3c2ccsc2)c1C. The number of thioether (sulfide) groups is 1. The Labute approximate surface area is 232 Å². The van der Waals surface area contributed by atoms with Crippen LogP contribution in [0.3, 0.4) is 0 Å². The lowest BCUT2D eigenvalue weighted by molar-refractivity contribution is -0.123. The quantitative estimate of drug-likeness (QED) is 0.448. The number of carbonyl (C=O) groups excluding carboxylic acids is 2. The molecule has 2 aliphatic rings. The van der Waals surface area contributed by atoms with Gasteiger partial charge in [0.2, 0.25) is 11.8 Å². The normalized spacial score (nSPS) is 19.9. The monoisotopic (exact) mass is 552 g/mol. The third-order valence-electron chi connectivity index (χ3n) is 7.30. The Hall–Kier alpha value is -2.62. The van der Waals surface area contributed by atoms with E-state index in [9.17, 15) is 9.59 Å². The molecule has 1 aromatic carbocycles. The zero-order chi connectivity index (χ0) is 27.0. The summed E-state index contributed by atoms with van der Waals surface area (Å²) in [5.74, 6) is 0.699.